The van der Waals surface area contributed by atoms with Gasteiger partial charge in [-0.15, -0.1) is 0 Å². The van der Waals surface area contributed by atoms with E-state index in [4.69, 9.17) is 4.42 Å². The quantitative estimate of drug-likeness (QED) is 0.476. The van der Waals surface area contributed by atoms with Gasteiger partial charge in [0, 0.05) is 14.7 Å². The van der Waals surface area contributed by atoms with Gasteiger partial charge in [0.05, 0.1) is 5.56 Å². The van der Waals surface area contributed by atoms with E-state index in [9.17, 15) is 4.79 Å². The molecular weight excluding hydrogens is 363 g/mol. The average molecular weight is 374 g/mol. The van der Waals surface area contributed by atoms with Crippen LogP contribution in [0.2, 0.25) is 0 Å². The number of carbonyl (C=O) groups is 1. The predicted molar refractivity (Wildman–Crippen MR) is 87.7 cm³/mol. The Balaban J connectivity index is 2.10. The molecule has 2 aromatic carbocycles. The summed E-state index contributed by atoms with van der Waals surface area (Å²) in [6, 6.07) is 19.5. The van der Waals surface area contributed by atoms with E-state index in [0.717, 1.165) is 21.0 Å². The maximum absolute atomic E-state index is 11.3. The molecule has 1 heterocycles. The number of hydrogen-bond acceptors (Lipinski definition) is 2. The summed E-state index contributed by atoms with van der Waals surface area (Å²) in [5.41, 5.74) is 2.45. The van der Waals surface area contributed by atoms with Gasteiger partial charge in [-0.25, -0.2) is 0 Å². The number of furan rings is 1. The van der Waals surface area contributed by atoms with Crippen LogP contribution in [0, 0.1) is 3.57 Å². The lowest BCUT2D eigenvalue weighted by Gasteiger charge is -1.99. The summed E-state index contributed by atoms with van der Waals surface area (Å²) < 4.78 is 7.03. The van der Waals surface area contributed by atoms with Gasteiger partial charge in [-0.3, -0.25) is 4.79 Å². The normalized spacial score (nSPS) is 10.4. The monoisotopic (exact) mass is 374 g/mol. The van der Waals surface area contributed by atoms with E-state index < -0.39 is 0 Å². The first-order chi connectivity index (χ1) is 9.78. The Hall–Kier alpha value is -1.88. The van der Waals surface area contributed by atoms with Crippen LogP contribution < -0.4 is 0 Å². The molecule has 3 rings (SSSR count). The Labute approximate surface area is 130 Å². The molecule has 0 saturated carbocycles. The van der Waals surface area contributed by atoms with Gasteiger partial charge in [0.25, 0.3) is 0 Å². The van der Waals surface area contributed by atoms with E-state index in [1.54, 1.807) is 6.07 Å². The van der Waals surface area contributed by atoms with Gasteiger partial charge in [-0.2, -0.15) is 0 Å². The highest BCUT2D eigenvalue weighted by Gasteiger charge is 2.13. The molecule has 2 nitrogen and oxygen atoms in total. The highest BCUT2D eigenvalue weighted by molar-refractivity contribution is 14.1. The minimum atomic E-state index is 0.574. The number of hydrogen-bond donors (Lipinski definition) is 0. The van der Waals surface area contributed by atoms with Crippen LogP contribution in [0.1, 0.15) is 10.4 Å². The molecule has 0 spiro atoms. The molecule has 0 N–H and O–H groups in total. The third-order valence-electron chi connectivity index (χ3n) is 3.05. The van der Waals surface area contributed by atoms with Gasteiger partial charge in [0.15, 0.2) is 6.29 Å². The van der Waals surface area contributed by atoms with Crippen LogP contribution >= 0.6 is 22.6 Å². The molecule has 1 aromatic heterocycles. The van der Waals surface area contributed by atoms with Gasteiger partial charge in [0.2, 0.25) is 0 Å². The molecule has 0 bridgehead atoms. The van der Waals surface area contributed by atoms with Gasteiger partial charge >= 0.3 is 0 Å². The van der Waals surface area contributed by atoms with E-state index >= 15 is 0 Å². The Morgan fingerprint density at radius 1 is 0.900 bits per heavy atom. The molecule has 3 aromatic rings. The van der Waals surface area contributed by atoms with Crippen molar-refractivity contribution in [2.24, 2.45) is 0 Å². The minimum absolute atomic E-state index is 0.574. The fourth-order valence-electron chi connectivity index (χ4n) is 2.06. The van der Waals surface area contributed by atoms with E-state index in [2.05, 4.69) is 22.6 Å². The number of rotatable bonds is 3. The van der Waals surface area contributed by atoms with Crippen LogP contribution in [-0.2, 0) is 0 Å². The summed E-state index contributed by atoms with van der Waals surface area (Å²) in [6.45, 7) is 0. The number of halogens is 1. The van der Waals surface area contributed by atoms with Crippen LogP contribution in [0.15, 0.2) is 65.1 Å². The van der Waals surface area contributed by atoms with Crippen molar-refractivity contribution < 1.29 is 9.21 Å². The molecule has 0 atom stereocenters. The van der Waals surface area contributed by atoms with Crippen molar-refractivity contribution in [1.82, 2.24) is 0 Å². The summed E-state index contributed by atoms with van der Waals surface area (Å²) in [6.07, 6.45) is 0.837. The second-order valence-electron chi connectivity index (χ2n) is 4.39. The first-order valence-corrected chi connectivity index (χ1v) is 7.26. The first kappa shape index (κ1) is 13.1. The molecule has 98 valence electrons. The highest BCUT2D eigenvalue weighted by Crippen LogP contribution is 2.31. The van der Waals surface area contributed by atoms with Crippen molar-refractivity contribution >= 4 is 28.9 Å². The molecule has 20 heavy (non-hydrogen) atoms. The molecule has 0 saturated heterocycles. The Morgan fingerprint density at radius 3 is 2.25 bits per heavy atom. The third kappa shape index (κ3) is 2.54. The fourth-order valence-corrected chi connectivity index (χ4v) is 2.42. The largest absolute Gasteiger partial charge is 0.455 e. The first-order valence-electron chi connectivity index (χ1n) is 6.18. The van der Waals surface area contributed by atoms with Crippen LogP contribution in [0.5, 0.6) is 0 Å². The lowest BCUT2D eigenvalue weighted by atomic mass is 10.1. The molecule has 0 aliphatic carbocycles. The Morgan fingerprint density at radius 2 is 1.60 bits per heavy atom. The van der Waals surface area contributed by atoms with Crippen molar-refractivity contribution in [1.29, 1.82) is 0 Å². The topological polar surface area (TPSA) is 30.2 Å². The Kier molecular flexibility index (Phi) is 3.69. The maximum atomic E-state index is 11.3. The molecule has 0 amide bonds. The molecule has 0 radical (unpaired) electrons. The molecule has 0 aliphatic rings. The van der Waals surface area contributed by atoms with E-state index in [-0.39, 0.29) is 0 Å². The lowest BCUT2D eigenvalue weighted by molar-refractivity contribution is 0.112. The smallest absolute Gasteiger partial charge is 0.153 e. The zero-order valence-electron chi connectivity index (χ0n) is 10.5. The molecular formula is C17H11IO2. The van der Waals surface area contributed by atoms with Gasteiger partial charge in [0.1, 0.15) is 11.5 Å². The number of benzene rings is 2. The standard InChI is InChI=1S/C17H11IO2/c18-15-8-6-13(7-9-15)17-14(11-19)10-16(20-17)12-4-2-1-3-5-12/h1-11H. The highest BCUT2D eigenvalue weighted by atomic mass is 127. The zero-order valence-corrected chi connectivity index (χ0v) is 12.7. The van der Waals surface area contributed by atoms with E-state index in [0.29, 0.717) is 17.1 Å². The summed E-state index contributed by atoms with van der Waals surface area (Å²) in [5, 5.41) is 0. The Bertz CT molecular complexity index is 727. The van der Waals surface area contributed by atoms with Gasteiger partial charge in [-0.05, 0) is 40.8 Å². The maximum Gasteiger partial charge on any atom is 0.153 e. The zero-order chi connectivity index (χ0) is 13.9. The van der Waals surface area contributed by atoms with Crippen molar-refractivity contribution in [2.75, 3.05) is 0 Å². The van der Waals surface area contributed by atoms with E-state index in [1.165, 1.54) is 0 Å². The second kappa shape index (κ2) is 5.63. The average Bonchev–Trinajstić information content (AvgIpc) is 2.93. The minimum Gasteiger partial charge on any atom is -0.455 e. The summed E-state index contributed by atoms with van der Waals surface area (Å²) in [7, 11) is 0. The van der Waals surface area contributed by atoms with Crippen molar-refractivity contribution in [2.45, 2.75) is 0 Å². The van der Waals surface area contributed by atoms with Crippen LogP contribution in [0.25, 0.3) is 22.6 Å². The predicted octanol–water partition coefficient (Wildman–Crippen LogP) is 5.03. The van der Waals surface area contributed by atoms with Crippen LogP contribution in [0.4, 0.5) is 0 Å². The van der Waals surface area contributed by atoms with E-state index in [1.807, 2.05) is 54.6 Å². The van der Waals surface area contributed by atoms with Crippen molar-refractivity contribution in [3.63, 3.8) is 0 Å². The molecule has 3 heteroatoms. The lowest BCUT2D eigenvalue weighted by Crippen LogP contribution is -1.81. The second-order valence-corrected chi connectivity index (χ2v) is 5.63. The summed E-state index contributed by atoms with van der Waals surface area (Å²) in [4.78, 5) is 11.3. The number of carbonyl (C=O) groups excluding carboxylic acids is 1. The fraction of sp³-hybridized carbons (Fsp3) is 0. The molecule has 0 fully saturated rings. The van der Waals surface area contributed by atoms with Gasteiger partial charge < -0.3 is 4.42 Å². The van der Waals surface area contributed by atoms with Crippen molar-refractivity contribution in [3.8, 4) is 22.6 Å². The van der Waals surface area contributed by atoms with Gasteiger partial charge in [-0.1, -0.05) is 42.5 Å². The number of aldehydes is 1. The van der Waals surface area contributed by atoms with Crippen molar-refractivity contribution in [3.05, 3.63) is 69.8 Å². The van der Waals surface area contributed by atoms with Crippen LogP contribution in [0.3, 0.4) is 0 Å². The summed E-state index contributed by atoms with van der Waals surface area (Å²) >= 11 is 2.25. The molecule has 0 aliphatic heterocycles. The van der Waals surface area contributed by atoms with Crippen LogP contribution in [-0.4, -0.2) is 6.29 Å². The SMILES string of the molecule is O=Cc1cc(-c2ccccc2)oc1-c1ccc(I)cc1. The molecule has 0 unspecified atom stereocenters. The summed E-state index contributed by atoms with van der Waals surface area (Å²) in [5.74, 6) is 1.33. The third-order valence-corrected chi connectivity index (χ3v) is 3.77.